The molecule has 4 aromatic rings. The highest BCUT2D eigenvalue weighted by molar-refractivity contribution is 5.90. The lowest BCUT2D eigenvalue weighted by Gasteiger charge is -2.18. The standard InChI is InChI=1S/C22H20F2N4O5/c1-10(21(29)30-2)32-11-7-14-18-15(8-11)31-6-4-3-5-28(18)20(26-14)12-9-13(23)19-17(16(12)24)27-22(25)33-19/h7-10H,3-6H2,1-2H3,(H2,25,27). The molecule has 0 spiro atoms. The van der Waals surface area contributed by atoms with Gasteiger partial charge in [-0.3, -0.25) is 0 Å². The maximum absolute atomic E-state index is 15.4. The van der Waals surface area contributed by atoms with Crippen molar-refractivity contribution in [3.8, 4) is 22.9 Å². The summed E-state index contributed by atoms with van der Waals surface area (Å²) in [5.74, 6) is -1.14. The summed E-state index contributed by atoms with van der Waals surface area (Å²) in [5, 5.41) is 0. The summed E-state index contributed by atoms with van der Waals surface area (Å²) in [6.45, 7) is 2.54. The first-order chi connectivity index (χ1) is 15.9. The van der Waals surface area contributed by atoms with Gasteiger partial charge in [0.25, 0.3) is 6.01 Å². The number of oxazole rings is 1. The van der Waals surface area contributed by atoms with Crippen LogP contribution in [-0.4, -0.2) is 40.3 Å². The van der Waals surface area contributed by atoms with Crippen molar-refractivity contribution in [3.63, 3.8) is 0 Å². The largest absolute Gasteiger partial charge is 0.491 e. The normalized spacial score (nSPS) is 14.5. The first-order valence-corrected chi connectivity index (χ1v) is 10.3. The minimum absolute atomic E-state index is 0.0820. The maximum Gasteiger partial charge on any atom is 0.346 e. The second-order valence-electron chi connectivity index (χ2n) is 7.66. The predicted molar refractivity (Wildman–Crippen MR) is 114 cm³/mol. The van der Waals surface area contributed by atoms with E-state index in [2.05, 4.69) is 9.97 Å². The van der Waals surface area contributed by atoms with E-state index >= 15 is 4.39 Å². The van der Waals surface area contributed by atoms with Gasteiger partial charge in [0.1, 0.15) is 22.8 Å². The summed E-state index contributed by atoms with van der Waals surface area (Å²) in [6.07, 6.45) is 0.637. The molecular formula is C22H20F2N4O5. The molecule has 0 saturated heterocycles. The van der Waals surface area contributed by atoms with E-state index in [4.69, 9.17) is 24.4 Å². The van der Waals surface area contributed by atoms with E-state index in [1.54, 1.807) is 23.6 Å². The fourth-order valence-corrected chi connectivity index (χ4v) is 3.97. The fraction of sp³-hybridized carbons (Fsp3) is 0.318. The van der Waals surface area contributed by atoms with Gasteiger partial charge < -0.3 is 28.9 Å². The molecule has 0 radical (unpaired) electrons. The minimum Gasteiger partial charge on any atom is -0.491 e. The summed E-state index contributed by atoms with van der Waals surface area (Å²) in [6, 6.07) is 3.95. The van der Waals surface area contributed by atoms with E-state index in [0.29, 0.717) is 35.7 Å². The molecule has 1 aliphatic heterocycles. The van der Waals surface area contributed by atoms with Crippen molar-refractivity contribution in [2.24, 2.45) is 0 Å². The molecule has 5 rings (SSSR count). The molecule has 1 atom stereocenters. The number of nitrogens with two attached hydrogens (primary N) is 1. The zero-order chi connectivity index (χ0) is 23.3. The van der Waals surface area contributed by atoms with Gasteiger partial charge in [0.15, 0.2) is 28.8 Å². The number of ether oxygens (including phenoxy) is 3. The molecule has 0 bridgehead atoms. The number of nitrogens with zero attached hydrogens (tertiary/aromatic N) is 3. The van der Waals surface area contributed by atoms with Crippen molar-refractivity contribution in [1.82, 2.24) is 14.5 Å². The Balaban J connectivity index is 1.71. The average Bonchev–Trinajstić information content (AvgIpc) is 3.34. The topological polar surface area (TPSA) is 115 Å². The highest BCUT2D eigenvalue weighted by Crippen LogP contribution is 2.39. The van der Waals surface area contributed by atoms with Crippen LogP contribution in [0.15, 0.2) is 22.6 Å². The van der Waals surface area contributed by atoms with Gasteiger partial charge >= 0.3 is 5.97 Å². The number of aryl methyl sites for hydroxylation is 1. The minimum atomic E-state index is -0.860. The van der Waals surface area contributed by atoms with Gasteiger partial charge in [-0.15, -0.1) is 0 Å². The van der Waals surface area contributed by atoms with Crippen molar-refractivity contribution >= 4 is 34.1 Å². The third-order valence-corrected chi connectivity index (χ3v) is 5.48. The first-order valence-electron chi connectivity index (χ1n) is 10.3. The van der Waals surface area contributed by atoms with Crippen LogP contribution in [-0.2, 0) is 16.1 Å². The van der Waals surface area contributed by atoms with Crippen LogP contribution >= 0.6 is 0 Å². The van der Waals surface area contributed by atoms with E-state index in [1.807, 2.05) is 0 Å². The third-order valence-electron chi connectivity index (χ3n) is 5.48. The van der Waals surface area contributed by atoms with Crippen molar-refractivity contribution in [3.05, 3.63) is 29.8 Å². The van der Waals surface area contributed by atoms with Gasteiger partial charge in [0, 0.05) is 18.7 Å². The maximum atomic E-state index is 15.4. The Labute approximate surface area is 186 Å². The number of esters is 1. The highest BCUT2D eigenvalue weighted by Gasteiger charge is 2.26. The van der Waals surface area contributed by atoms with Crippen LogP contribution < -0.4 is 15.2 Å². The number of anilines is 1. The molecule has 11 heteroatoms. The smallest absolute Gasteiger partial charge is 0.346 e. The molecule has 0 amide bonds. The molecule has 3 heterocycles. The Morgan fingerprint density at radius 3 is 2.85 bits per heavy atom. The number of rotatable bonds is 4. The van der Waals surface area contributed by atoms with Crippen LogP contribution in [0.1, 0.15) is 19.8 Å². The van der Waals surface area contributed by atoms with E-state index < -0.39 is 23.7 Å². The molecule has 1 unspecified atom stereocenters. The lowest BCUT2D eigenvalue weighted by molar-refractivity contribution is -0.147. The number of carbonyl (C=O) groups excluding carboxylic acids is 1. The summed E-state index contributed by atoms with van der Waals surface area (Å²) >= 11 is 0. The number of imidazole rings is 1. The fourth-order valence-electron chi connectivity index (χ4n) is 3.97. The van der Waals surface area contributed by atoms with E-state index in [1.165, 1.54) is 7.11 Å². The van der Waals surface area contributed by atoms with Crippen LogP contribution in [0.3, 0.4) is 0 Å². The van der Waals surface area contributed by atoms with Crippen molar-refractivity contribution in [1.29, 1.82) is 0 Å². The van der Waals surface area contributed by atoms with Gasteiger partial charge in [-0.1, -0.05) is 0 Å². The van der Waals surface area contributed by atoms with Gasteiger partial charge in [-0.25, -0.2) is 18.6 Å². The Morgan fingerprint density at radius 1 is 1.24 bits per heavy atom. The third kappa shape index (κ3) is 3.49. The summed E-state index contributed by atoms with van der Waals surface area (Å²) in [4.78, 5) is 20.1. The molecule has 172 valence electrons. The summed E-state index contributed by atoms with van der Waals surface area (Å²) < 4.78 is 53.1. The number of halogens is 2. The molecule has 2 aromatic heterocycles. The van der Waals surface area contributed by atoms with Gasteiger partial charge in [0.2, 0.25) is 0 Å². The molecule has 0 fully saturated rings. The van der Waals surface area contributed by atoms with Crippen LogP contribution in [0.25, 0.3) is 33.5 Å². The van der Waals surface area contributed by atoms with E-state index in [-0.39, 0.29) is 28.5 Å². The SMILES string of the molecule is COC(=O)C(C)Oc1cc2c3c(c1)nc(-c1cc(F)c4oc(N)nc4c1F)n3CCCCO2. The number of hydrogen-bond acceptors (Lipinski definition) is 8. The lowest BCUT2D eigenvalue weighted by Crippen LogP contribution is -2.24. The van der Waals surface area contributed by atoms with Crippen LogP contribution in [0, 0.1) is 11.6 Å². The van der Waals surface area contributed by atoms with Crippen molar-refractivity contribution in [2.45, 2.75) is 32.4 Å². The van der Waals surface area contributed by atoms with Crippen molar-refractivity contribution in [2.75, 3.05) is 19.5 Å². The highest BCUT2D eigenvalue weighted by atomic mass is 19.1. The molecule has 2 aromatic carbocycles. The molecule has 9 nitrogen and oxygen atoms in total. The second-order valence-corrected chi connectivity index (χ2v) is 7.66. The monoisotopic (exact) mass is 458 g/mol. The van der Waals surface area contributed by atoms with Gasteiger partial charge in [-0.05, 0) is 25.8 Å². The molecule has 1 aliphatic rings. The summed E-state index contributed by atoms with van der Waals surface area (Å²) in [7, 11) is 1.27. The molecule has 0 aliphatic carbocycles. The summed E-state index contributed by atoms with van der Waals surface area (Å²) in [5.41, 5.74) is 5.81. The Morgan fingerprint density at radius 2 is 2.06 bits per heavy atom. The number of hydrogen-bond donors (Lipinski definition) is 1. The first kappa shape index (κ1) is 21.0. The number of aromatic nitrogens is 3. The van der Waals surface area contributed by atoms with Crippen LogP contribution in [0.4, 0.5) is 14.8 Å². The zero-order valence-electron chi connectivity index (χ0n) is 17.9. The number of fused-ring (bicyclic) bond motifs is 1. The van der Waals surface area contributed by atoms with E-state index in [9.17, 15) is 9.18 Å². The lowest BCUT2D eigenvalue weighted by atomic mass is 10.1. The number of benzene rings is 2. The number of carbonyl (C=O) groups is 1. The molecule has 33 heavy (non-hydrogen) atoms. The van der Waals surface area contributed by atoms with Crippen LogP contribution in [0.2, 0.25) is 0 Å². The molecular weight excluding hydrogens is 438 g/mol. The van der Waals surface area contributed by atoms with Gasteiger partial charge in [-0.2, -0.15) is 4.98 Å². The Kier molecular flexibility index (Phi) is 5.03. The van der Waals surface area contributed by atoms with Crippen LogP contribution in [0.5, 0.6) is 11.5 Å². The number of methoxy groups -OCH3 is 1. The molecule has 2 N–H and O–H groups in total. The van der Waals surface area contributed by atoms with Gasteiger partial charge in [0.05, 0.1) is 24.8 Å². The second kappa shape index (κ2) is 7.91. The predicted octanol–water partition coefficient (Wildman–Crippen LogP) is 3.82. The number of nitrogen functional groups attached to an aromatic ring is 1. The Hall–Kier alpha value is -3.89. The average molecular weight is 458 g/mol. The molecule has 0 saturated carbocycles. The zero-order valence-corrected chi connectivity index (χ0v) is 17.9. The quantitative estimate of drug-likeness (QED) is 0.459. The Bertz CT molecular complexity index is 1400. The van der Waals surface area contributed by atoms with E-state index in [0.717, 1.165) is 18.9 Å². The van der Waals surface area contributed by atoms with Crippen molar-refractivity contribution < 1.29 is 32.2 Å².